The van der Waals surface area contributed by atoms with Gasteiger partial charge in [-0.15, -0.1) is 0 Å². The van der Waals surface area contributed by atoms with Crippen molar-refractivity contribution in [2.45, 2.75) is 27.3 Å². The first-order valence-electron chi connectivity index (χ1n) is 5.19. The third kappa shape index (κ3) is 2.96. The Hall–Kier alpha value is -0.680. The van der Waals surface area contributed by atoms with E-state index in [0.29, 0.717) is 6.54 Å². The van der Waals surface area contributed by atoms with Gasteiger partial charge in [0.15, 0.2) is 0 Å². The Balaban J connectivity index is 3.31. The van der Waals surface area contributed by atoms with Gasteiger partial charge in [0.25, 0.3) is 5.24 Å². The summed E-state index contributed by atoms with van der Waals surface area (Å²) in [6.45, 7) is 6.45. The zero-order valence-electron chi connectivity index (χ0n) is 10.3. The summed E-state index contributed by atoms with van der Waals surface area (Å²) in [4.78, 5) is 10.9. The molecular formula is C12H16BrNO2S. The molecule has 0 aliphatic heterocycles. The molecule has 1 aromatic rings. The van der Waals surface area contributed by atoms with Crippen molar-refractivity contribution in [2.24, 2.45) is 0 Å². The number of methoxy groups -OCH3 is 1. The van der Waals surface area contributed by atoms with Crippen molar-refractivity contribution >= 4 is 33.8 Å². The smallest absolute Gasteiger partial charge is 0.276 e. The van der Waals surface area contributed by atoms with Crippen molar-refractivity contribution in [1.29, 1.82) is 0 Å². The first kappa shape index (κ1) is 14.4. The predicted octanol–water partition coefficient (Wildman–Crippen LogP) is 3.52. The number of benzene rings is 1. The van der Waals surface area contributed by atoms with Gasteiger partial charge in [-0.1, -0.05) is 28.6 Å². The Morgan fingerprint density at radius 2 is 1.88 bits per heavy atom. The molecule has 0 unspecified atom stereocenters. The second-order valence-electron chi connectivity index (χ2n) is 3.86. The van der Waals surface area contributed by atoms with Gasteiger partial charge in [0.2, 0.25) is 0 Å². The first-order valence-corrected chi connectivity index (χ1v) is 6.43. The molecule has 1 amide bonds. The van der Waals surface area contributed by atoms with Crippen LogP contribution < -0.4 is 10.1 Å². The van der Waals surface area contributed by atoms with Crippen LogP contribution in [0, 0.1) is 20.8 Å². The van der Waals surface area contributed by atoms with Gasteiger partial charge in [-0.3, -0.25) is 4.79 Å². The minimum Gasteiger partial charge on any atom is -0.496 e. The Morgan fingerprint density at radius 1 is 1.29 bits per heavy atom. The lowest BCUT2D eigenvalue weighted by atomic mass is 9.99. The summed E-state index contributed by atoms with van der Waals surface area (Å²) in [7, 11) is 1.64. The quantitative estimate of drug-likeness (QED) is 0.837. The molecule has 5 heteroatoms. The third-order valence-electron chi connectivity index (χ3n) is 2.91. The first-order chi connectivity index (χ1) is 7.90. The van der Waals surface area contributed by atoms with E-state index in [1.807, 2.05) is 20.8 Å². The molecular weight excluding hydrogens is 302 g/mol. The standard InChI is InChI=1S/C12H16BrNO2S/c1-6-7(2)11(16-4)9(5-14-12(15)17)8(3)10(6)13/h5H2,1-4H3,(H2,14,15,17). The monoisotopic (exact) mass is 317 g/mol. The van der Waals surface area contributed by atoms with Crippen LogP contribution in [-0.2, 0) is 6.54 Å². The molecule has 1 rings (SSSR count). The van der Waals surface area contributed by atoms with E-state index in [9.17, 15) is 4.79 Å². The van der Waals surface area contributed by atoms with Gasteiger partial charge in [0.1, 0.15) is 5.75 Å². The minimum absolute atomic E-state index is 0.346. The maximum absolute atomic E-state index is 10.9. The predicted molar refractivity (Wildman–Crippen MR) is 76.1 cm³/mol. The zero-order chi connectivity index (χ0) is 13.2. The molecule has 0 radical (unpaired) electrons. The maximum atomic E-state index is 10.9. The molecule has 3 nitrogen and oxygen atoms in total. The van der Waals surface area contributed by atoms with E-state index < -0.39 is 0 Å². The lowest BCUT2D eigenvalue weighted by Gasteiger charge is -2.18. The summed E-state index contributed by atoms with van der Waals surface area (Å²) in [5.74, 6) is 0.824. The van der Waals surface area contributed by atoms with Gasteiger partial charge in [0.05, 0.1) is 7.11 Å². The Bertz CT molecular complexity index is 461. The second kappa shape index (κ2) is 5.78. The molecule has 0 saturated heterocycles. The van der Waals surface area contributed by atoms with Crippen molar-refractivity contribution in [3.63, 3.8) is 0 Å². The van der Waals surface area contributed by atoms with Crippen molar-refractivity contribution in [2.75, 3.05) is 7.11 Å². The van der Waals surface area contributed by atoms with Crippen LogP contribution in [0.2, 0.25) is 0 Å². The molecule has 0 spiro atoms. The SMILES string of the molecule is COc1c(C)c(C)c(Br)c(C)c1CNC(=O)S. The summed E-state index contributed by atoms with van der Waals surface area (Å²) in [5.41, 5.74) is 4.28. The Morgan fingerprint density at radius 3 is 2.35 bits per heavy atom. The van der Waals surface area contributed by atoms with Crippen LogP contribution in [0.3, 0.4) is 0 Å². The summed E-state index contributed by atoms with van der Waals surface area (Å²) in [5, 5.41) is 2.33. The van der Waals surface area contributed by atoms with E-state index in [4.69, 9.17) is 4.74 Å². The average Bonchev–Trinajstić information content (AvgIpc) is 2.29. The maximum Gasteiger partial charge on any atom is 0.276 e. The molecule has 0 fully saturated rings. The molecule has 1 N–H and O–H groups in total. The highest BCUT2D eigenvalue weighted by molar-refractivity contribution is 9.10. The molecule has 0 aromatic heterocycles. The topological polar surface area (TPSA) is 38.3 Å². The fourth-order valence-electron chi connectivity index (χ4n) is 1.80. The van der Waals surface area contributed by atoms with Crippen LogP contribution in [0.5, 0.6) is 5.75 Å². The van der Waals surface area contributed by atoms with Gasteiger partial charge in [-0.05, 0) is 37.5 Å². The van der Waals surface area contributed by atoms with Gasteiger partial charge in [-0.25, -0.2) is 0 Å². The molecule has 0 bridgehead atoms. The molecule has 17 heavy (non-hydrogen) atoms. The van der Waals surface area contributed by atoms with E-state index in [2.05, 4.69) is 33.9 Å². The van der Waals surface area contributed by atoms with Crippen LogP contribution >= 0.6 is 28.6 Å². The fraction of sp³-hybridized carbons (Fsp3) is 0.417. The highest BCUT2D eigenvalue weighted by Gasteiger charge is 2.16. The number of carbonyl (C=O) groups is 1. The van der Waals surface area contributed by atoms with Crippen LogP contribution in [0.25, 0.3) is 0 Å². The summed E-state index contributed by atoms with van der Waals surface area (Å²) >= 11 is 7.26. The number of ether oxygens (including phenoxy) is 1. The molecule has 0 heterocycles. The number of rotatable bonds is 3. The van der Waals surface area contributed by atoms with Crippen molar-refractivity contribution in [3.8, 4) is 5.75 Å². The highest BCUT2D eigenvalue weighted by atomic mass is 79.9. The van der Waals surface area contributed by atoms with Crippen LogP contribution in [0.4, 0.5) is 4.79 Å². The number of hydrogen-bond acceptors (Lipinski definition) is 2. The number of carbonyl (C=O) groups excluding carboxylic acids is 1. The largest absolute Gasteiger partial charge is 0.496 e. The van der Waals surface area contributed by atoms with E-state index >= 15 is 0 Å². The van der Waals surface area contributed by atoms with E-state index in [1.165, 1.54) is 0 Å². The van der Waals surface area contributed by atoms with Gasteiger partial charge < -0.3 is 10.1 Å². The minimum atomic E-state index is -0.346. The molecule has 0 aliphatic carbocycles. The van der Waals surface area contributed by atoms with Crippen LogP contribution in [0.1, 0.15) is 22.3 Å². The zero-order valence-corrected chi connectivity index (χ0v) is 12.8. The van der Waals surface area contributed by atoms with Crippen molar-refractivity contribution < 1.29 is 9.53 Å². The van der Waals surface area contributed by atoms with E-state index in [-0.39, 0.29) is 5.24 Å². The van der Waals surface area contributed by atoms with Gasteiger partial charge in [-0.2, -0.15) is 0 Å². The number of nitrogens with one attached hydrogen (secondary N) is 1. The highest BCUT2D eigenvalue weighted by Crippen LogP contribution is 2.35. The lowest BCUT2D eigenvalue weighted by Crippen LogP contribution is -2.17. The van der Waals surface area contributed by atoms with Crippen molar-refractivity contribution in [1.82, 2.24) is 5.32 Å². The van der Waals surface area contributed by atoms with Crippen LogP contribution in [-0.4, -0.2) is 12.3 Å². The summed E-state index contributed by atoms with van der Waals surface area (Å²) in [6, 6.07) is 0. The number of halogens is 1. The molecule has 0 saturated carbocycles. The fourth-order valence-corrected chi connectivity index (χ4v) is 2.41. The number of amides is 1. The lowest BCUT2D eigenvalue weighted by molar-refractivity contribution is 0.260. The average molecular weight is 318 g/mol. The summed E-state index contributed by atoms with van der Waals surface area (Å²) < 4.78 is 6.48. The number of thiol groups is 1. The molecule has 0 aliphatic rings. The van der Waals surface area contributed by atoms with E-state index in [0.717, 1.165) is 32.5 Å². The van der Waals surface area contributed by atoms with Gasteiger partial charge in [0, 0.05) is 16.6 Å². The van der Waals surface area contributed by atoms with Crippen molar-refractivity contribution in [3.05, 3.63) is 26.7 Å². The third-order valence-corrected chi connectivity index (χ3v) is 4.26. The Kier molecular flexibility index (Phi) is 4.89. The second-order valence-corrected chi connectivity index (χ2v) is 5.06. The Labute approximate surface area is 115 Å². The van der Waals surface area contributed by atoms with E-state index in [1.54, 1.807) is 7.11 Å². The van der Waals surface area contributed by atoms with Gasteiger partial charge >= 0.3 is 0 Å². The number of hydrogen-bond donors (Lipinski definition) is 2. The molecule has 0 atom stereocenters. The normalized spacial score (nSPS) is 10.2. The molecule has 94 valence electrons. The molecule has 1 aromatic carbocycles. The summed E-state index contributed by atoms with van der Waals surface area (Å²) in [6.07, 6.45) is 0. The van der Waals surface area contributed by atoms with Crippen LogP contribution in [0.15, 0.2) is 4.47 Å².